The van der Waals surface area contributed by atoms with E-state index in [9.17, 15) is 24.2 Å². The number of ether oxygens (including phenoxy) is 2. The van der Waals surface area contributed by atoms with Gasteiger partial charge in [-0.2, -0.15) is 0 Å². The summed E-state index contributed by atoms with van der Waals surface area (Å²) in [5, 5.41) is 18.3. The third-order valence-electron chi connectivity index (χ3n) is 8.92. The Hall–Kier alpha value is -1.29. The first kappa shape index (κ1) is 49.7. The number of unbranched alkanes of at least 4 members (excludes halogenated alkanes) is 23. The Morgan fingerprint density at radius 2 is 0.961 bits per heavy atom. The van der Waals surface area contributed by atoms with Gasteiger partial charge < -0.3 is 24.6 Å². The number of aliphatic hydroxyl groups is 2. The molecule has 3 N–H and O–H groups in total. The molecule has 302 valence electrons. The first-order valence-electron chi connectivity index (χ1n) is 20.6. The lowest BCUT2D eigenvalue weighted by Gasteiger charge is -2.20. The van der Waals surface area contributed by atoms with Crippen LogP contribution in [0.1, 0.15) is 194 Å². The van der Waals surface area contributed by atoms with E-state index in [0.717, 1.165) is 44.9 Å². The monoisotopic (exact) mass is 749 g/mol. The molecule has 0 spiro atoms. The van der Waals surface area contributed by atoms with Crippen LogP contribution in [0.15, 0.2) is 12.2 Å². The lowest BCUT2D eigenvalue weighted by molar-refractivity contribution is -0.161. The summed E-state index contributed by atoms with van der Waals surface area (Å²) >= 11 is 0. The molecule has 0 aliphatic carbocycles. The van der Waals surface area contributed by atoms with Crippen molar-refractivity contribution in [2.75, 3.05) is 26.4 Å². The van der Waals surface area contributed by atoms with Crippen molar-refractivity contribution in [2.45, 2.75) is 206 Å². The van der Waals surface area contributed by atoms with Crippen LogP contribution in [-0.4, -0.2) is 65.7 Å². The number of aliphatic hydroxyl groups excluding tert-OH is 2. The fourth-order valence-electron chi connectivity index (χ4n) is 5.69. The Bertz CT molecular complexity index is 868. The molecule has 0 aromatic rings. The number of esters is 2. The zero-order valence-electron chi connectivity index (χ0n) is 32.6. The highest BCUT2D eigenvalue weighted by molar-refractivity contribution is 7.47. The van der Waals surface area contributed by atoms with Gasteiger partial charge in [-0.15, -0.1) is 0 Å². The van der Waals surface area contributed by atoms with Gasteiger partial charge in [0.2, 0.25) is 0 Å². The van der Waals surface area contributed by atoms with E-state index < -0.39 is 51.8 Å². The third kappa shape index (κ3) is 36.8. The molecule has 1 unspecified atom stereocenters. The lowest BCUT2D eigenvalue weighted by atomic mass is 10.1. The number of hydrogen-bond acceptors (Lipinski definition) is 9. The third-order valence-corrected chi connectivity index (χ3v) is 9.87. The molecule has 0 fully saturated rings. The summed E-state index contributed by atoms with van der Waals surface area (Å²) in [4.78, 5) is 34.9. The maximum Gasteiger partial charge on any atom is 0.472 e. The standard InChI is InChI=1S/C40H77O10P/c1-3-5-7-9-11-13-15-16-17-18-19-20-22-24-26-28-30-32-40(44)50-38(36-49-51(45,46)48-34-37(42)33-41)35-47-39(43)31-29-27-25-23-21-14-12-10-8-6-4-2/h16-17,37-38,41-42H,3-15,18-36H2,1-2H3,(H,45,46)/b17-16-/t37-,38+/m0/s1. The van der Waals surface area contributed by atoms with E-state index in [1.807, 2.05) is 0 Å². The van der Waals surface area contributed by atoms with Crippen molar-refractivity contribution >= 4 is 19.8 Å². The van der Waals surface area contributed by atoms with Crippen molar-refractivity contribution < 1.29 is 47.8 Å². The van der Waals surface area contributed by atoms with Gasteiger partial charge in [0, 0.05) is 12.8 Å². The van der Waals surface area contributed by atoms with Crippen molar-refractivity contribution in [1.29, 1.82) is 0 Å². The van der Waals surface area contributed by atoms with Crippen molar-refractivity contribution in [1.82, 2.24) is 0 Å². The fourth-order valence-corrected chi connectivity index (χ4v) is 6.48. The smallest absolute Gasteiger partial charge is 0.462 e. The first-order valence-corrected chi connectivity index (χ1v) is 22.1. The number of allylic oxidation sites excluding steroid dienone is 2. The van der Waals surface area contributed by atoms with Crippen molar-refractivity contribution in [3.63, 3.8) is 0 Å². The molecule has 0 aliphatic rings. The summed E-state index contributed by atoms with van der Waals surface area (Å²) in [5.74, 6) is -0.923. The second kappa shape index (κ2) is 37.0. The Balaban J connectivity index is 4.29. The van der Waals surface area contributed by atoms with E-state index in [-0.39, 0.29) is 19.4 Å². The Kier molecular flexibility index (Phi) is 36.1. The molecule has 3 atom stereocenters. The second-order valence-corrected chi connectivity index (χ2v) is 15.5. The van der Waals surface area contributed by atoms with Crippen LogP contribution >= 0.6 is 7.82 Å². The highest BCUT2D eigenvalue weighted by Crippen LogP contribution is 2.43. The highest BCUT2D eigenvalue weighted by atomic mass is 31.2. The number of phosphoric acid groups is 1. The predicted molar refractivity (Wildman–Crippen MR) is 205 cm³/mol. The minimum absolute atomic E-state index is 0.183. The number of phosphoric ester groups is 1. The van der Waals surface area contributed by atoms with Gasteiger partial charge in [0.1, 0.15) is 12.7 Å². The molecule has 0 heterocycles. The molecule has 0 aromatic carbocycles. The molecular formula is C40H77O10P. The lowest BCUT2D eigenvalue weighted by Crippen LogP contribution is -2.29. The Morgan fingerprint density at radius 3 is 1.41 bits per heavy atom. The van der Waals surface area contributed by atoms with Gasteiger partial charge in [-0.3, -0.25) is 18.6 Å². The maximum absolute atomic E-state index is 12.6. The average molecular weight is 749 g/mol. The van der Waals surface area contributed by atoms with E-state index in [1.165, 1.54) is 109 Å². The molecule has 0 aliphatic heterocycles. The van der Waals surface area contributed by atoms with Crippen LogP contribution in [0.4, 0.5) is 0 Å². The van der Waals surface area contributed by atoms with Gasteiger partial charge in [-0.05, 0) is 38.5 Å². The van der Waals surface area contributed by atoms with Gasteiger partial charge in [0.25, 0.3) is 0 Å². The quantitative estimate of drug-likeness (QED) is 0.0240. The number of carbonyl (C=O) groups excluding carboxylic acids is 2. The molecule has 0 bridgehead atoms. The fraction of sp³-hybridized carbons (Fsp3) is 0.900. The highest BCUT2D eigenvalue weighted by Gasteiger charge is 2.27. The van der Waals surface area contributed by atoms with Crippen molar-refractivity contribution in [3.8, 4) is 0 Å². The molecule has 51 heavy (non-hydrogen) atoms. The van der Waals surface area contributed by atoms with Crippen molar-refractivity contribution in [2.24, 2.45) is 0 Å². The van der Waals surface area contributed by atoms with Crippen LogP contribution in [0.2, 0.25) is 0 Å². The minimum atomic E-state index is -4.61. The second-order valence-electron chi connectivity index (χ2n) is 14.0. The first-order chi connectivity index (χ1) is 24.7. The molecule has 0 aromatic heterocycles. The summed E-state index contributed by atoms with van der Waals surface area (Å²) in [6.07, 6.45) is 33.2. The zero-order chi connectivity index (χ0) is 37.7. The summed E-state index contributed by atoms with van der Waals surface area (Å²) in [6, 6.07) is 0. The van der Waals surface area contributed by atoms with E-state index in [2.05, 4.69) is 30.5 Å². The molecule has 0 amide bonds. The number of rotatable bonds is 39. The van der Waals surface area contributed by atoms with Crippen LogP contribution in [-0.2, 0) is 32.7 Å². The van der Waals surface area contributed by atoms with Gasteiger partial charge in [0.05, 0.1) is 19.8 Å². The Morgan fingerprint density at radius 1 is 0.569 bits per heavy atom. The van der Waals surface area contributed by atoms with Crippen LogP contribution < -0.4 is 0 Å². The molecule has 0 rings (SSSR count). The Labute approximate surface area is 311 Å². The summed E-state index contributed by atoms with van der Waals surface area (Å²) in [7, 11) is -4.61. The van der Waals surface area contributed by atoms with Crippen molar-refractivity contribution in [3.05, 3.63) is 12.2 Å². The van der Waals surface area contributed by atoms with Gasteiger partial charge in [-0.1, -0.05) is 154 Å². The molecular weight excluding hydrogens is 671 g/mol. The van der Waals surface area contributed by atoms with E-state index in [0.29, 0.717) is 12.8 Å². The number of hydrogen-bond donors (Lipinski definition) is 3. The van der Waals surface area contributed by atoms with Crippen LogP contribution in [0.25, 0.3) is 0 Å². The predicted octanol–water partition coefficient (Wildman–Crippen LogP) is 10.4. The van der Waals surface area contributed by atoms with Crippen LogP contribution in [0.5, 0.6) is 0 Å². The molecule has 11 heteroatoms. The van der Waals surface area contributed by atoms with Gasteiger partial charge >= 0.3 is 19.8 Å². The van der Waals surface area contributed by atoms with E-state index in [1.54, 1.807) is 0 Å². The molecule has 0 radical (unpaired) electrons. The van der Waals surface area contributed by atoms with E-state index >= 15 is 0 Å². The summed E-state index contributed by atoms with van der Waals surface area (Å²) in [5.41, 5.74) is 0. The normalized spacial score (nSPS) is 14.1. The largest absolute Gasteiger partial charge is 0.472 e. The summed E-state index contributed by atoms with van der Waals surface area (Å²) in [6.45, 7) is 2.37. The summed E-state index contributed by atoms with van der Waals surface area (Å²) < 4.78 is 32.6. The molecule has 0 saturated carbocycles. The zero-order valence-corrected chi connectivity index (χ0v) is 33.5. The average Bonchev–Trinajstić information content (AvgIpc) is 3.12. The van der Waals surface area contributed by atoms with Crippen LogP contribution in [0.3, 0.4) is 0 Å². The molecule has 10 nitrogen and oxygen atoms in total. The molecule has 0 saturated heterocycles. The van der Waals surface area contributed by atoms with E-state index in [4.69, 9.17) is 19.1 Å². The van der Waals surface area contributed by atoms with Gasteiger partial charge in [0.15, 0.2) is 6.10 Å². The maximum atomic E-state index is 12.6. The SMILES string of the molecule is CCCCCCCC/C=C\CCCCCCCCCC(=O)O[C@H](COC(=O)CCCCCCCCCCCCC)COP(=O)(O)OC[C@@H](O)CO. The topological polar surface area (TPSA) is 149 Å². The minimum Gasteiger partial charge on any atom is -0.462 e. The van der Waals surface area contributed by atoms with Gasteiger partial charge in [-0.25, -0.2) is 4.57 Å². The van der Waals surface area contributed by atoms with Crippen LogP contribution in [0, 0.1) is 0 Å². The number of carbonyl (C=O) groups is 2.